The van der Waals surface area contributed by atoms with Gasteiger partial charge in [0.15, 0.2) is 0 Å². The number of aryl methyl sites for hydroxylation is 1. The average Bonchev–Trinajstić information content (AvgIpc) is 3.05. The topological polar surface area (TPSA) is 70.5 Å². The first-order valence-corrected chi connectivity index (χ1v) is 10.9. The number of carbonyl (C=O) groups is 2. The molecule has 1 N–H and O–H groups in total. The van der Waals surface area contributed by atoms with Crippen LogP contribution in [0.3, 0.4) is 0 Å². The number of halogens is 2. The molecule has 1 amide bonds. The maximum atomic E-state index is 15.4. The van der Waals surface area contributed by atoms with Crippen LogP contribution in [0.1, 0.15) is 53.6 Å². The molecule has 0 spiro atoms. The molecule has 174 valence electrons. The monoisotopic (exact) mass is 462 g/mol. The second kappa shape index (κ2) is 9.17. The van der Waals surface area contributed by atoms with Gasteiger partial charge in [0.2, 0.25) is 0 Å². The van der Waals surface area contributed by atoms with Gasteiger partial charge in [-0.15, -0.1) is 0 Å². The zero-order valence-electron chi connectivity index (χ0n) is 19.0. The Bertz CT molecular complexity index is 1300. The van der Waals surface area contributed by atoms with E-state index in [1.54, 1.807) is 37.5 Å². The number of aliphatic hydroxyl groups is 1. The molecular weight excluding hydrogens is 438 g/mol. The van der Waals surface area contributed by atoms with Crippen LogP contribution in [0.5, 0.6) is 0 Å². The van der Waals surface area contributed by atoms with Gasteiger partial charge in [0, 0.05) is 30.1 Å². The Balaban J connectivity index is 1.91. The van der Waals surface area contributed by atoms with Crippen molar-refractivity contribution in [3.8, 4) is 0 Å². The Morgan fingerprint density at radius 2 is 1.74 bits per heavy atom. The molecule has 0 bridgehead atoms. The zero-order valence-corrected chi connectivity index (χ0v) is 19.0. The summed E-state index contributed by atoms with van der Waals surface area (Å²) in [7, 11) is 0. The SMILES string of the molecule is Cc1ccc(C(O)=C2C(=O)C(=O)N(Cc3ccncc3)C2c2ccc(C(C)C)cc2F)cc1F. The molecule has 0 radical (unpaired) electrons. The number of ketones is 1. The number of hydrogen-bond donors (Lipinski definition) is 1. The molecule has 7 heteroatoms. The molecule has 34 heavy (non-hydrogen) atoms. The first kappa shape index (κ1) is 23.3. The lowest BCUT2D eigenvalue weighted by Crippen LogP contribution is -2.29. The molecular formula is C27H24F2N2O3. The minimum Gasteiger partial charge on any atom is -0.507 e. The second-order valence-electron chi connectivity index (χ2n) is 8.68. The van der Waals surface area contributed by atoms with E-state index in [4.69, 9.17) is 0 Å². The van der Waals surface area contributed by atoms with E-state index in [2.05, 4.69) is 4.98 Å². The summed E-state index contributed by atoms with van der Waals surface area (Å²) in [6.45, 7) is 5.42. The van der Waals surface area contributed by atoms with Crippen LogP contribution in [0.2, 0.25) is 0 Å². The Hall–Kier alpha value is -3.87. The third-order valence-electron chi connectivity index (χ3n) is 6.07. The fourth-order valence-electron chi connectivity index (χ4n) is 4.07. The van der Waals surface area contributed by atoms with Gasteiger partial charge in [-0.05, 0) is 53.8 Å². The van der Waals surface area contributed by atoms with Crippen LogP contribution in [0.25, 0.3) is 5.76 Å². The zero-order chi connectivity index (χ0) is 24.6. The second-order valence-corrected chi connectivity index (χ2v) is 8.68. The van der Waals surface area contributed by atoms with E-state index >= 15 is 4.39 Å². The number of benzene rings is 2. The predicted octanol–water partition coefficient (Wildman–Crippen LogP) is 5.41. The van der Waals surface area contributed by atoms with Crippen LogP contribution >= 0.6 is 0 Å². The molecule has 1 unspecified atom stereocenters. The fourth-order valence-corrected chi connectivity index (χ4v) is 4.07. The number of Topliss-reactive ketones (excluding diaryl/α,β-unsaturated/α-hetero) is 1. The van der Waals surface area contributed by atoms with E-state index in [9.17, 15) is 19.1 Å². The smallest absolute Gasteiger partial charge is 0.295 e. The van der Waals surface area contributed by atoms with Crippen molar-refractivity contribution in [2.24, 2.45) is 0 Å². The Morgan fingerprint density at radius 1 is 1.03 bits per heavy atom. The number of likely N-dealkylation sites (tertiary alicyclic amines) is 1. The van der Waals surface area contributed by atoms with Gasteiger partial charge in [-0.1, -0.05) is 38.1 Å². The van der Waals surface area contributed by atoms with E-state index in [1.807, 2.05) is 13.8 Å². The molecule has 1 aliphatic rings. The quantitative estimate of drug-likeness (QED) is 0.313. The highest BCUT2D eigenvalue weighted by Crippen LogP contribution is 2.41. The van der Waals surface area contributed by atoms with E-state index in [-0.39, 0.29) is 29.2 Å². The summed E-state index contributed by atoms with van der Waals surface area (Å²) in [5.41, 5.74) is 1.64. The van der Waals surface area contributed by atoms with E-state index in [0.717, 1.165) is 11.6 Å². The Morgan fingerprint density at radius 3 is 2.35 bits per heavy atom. The minimum absolute atomic E-state index is 0.00215. The molecule has 5 nitrogen and oxygen atoms in total. The van der Waals surface area contributed by atoms with Crippen molar-refractivity contribution in [2.45, 2.75) is 39.3 Å². The third-order valence-corrected chi connectivity index (χ3v) is 6.07. The molecule has 1 fully saturated rings. The molecule has 1 saturated heterocycles. The van der Waals surface area contributed by atoms with Gasteiger partial charge in [-0.2, -0.15) is 0 Å². The molecule has 2 aromatic carbocycles. The van der Waals surface area contributed by atoms with Crippen molar-refractivity contribution in [2.75, 3.05) is 0 Å². The van der Waals surface area contributed by atoms with Crippen molar-refractivity contribution in [3.63, 3.8) is 0 Å². The third kappa shape index (κ3) is 4.21. The standard InChI is InChI=1S/C27H24F2N2O3/c1-15(2)18-6-7-20(22(29)12-18)24-23(25(32)19-5-4-16(3)21(28)13-19)26(33)27(34)31(24)14-17-8-10-30-11-9-17/h4-13,15,24,32H,14H2,1-3H3. The highest BCUT2D eigenvalue weighted by molar-refractivity contribution is 6.46. The lowest BCUT2D eigenvalue weighted by atomic mass is 9.92. The van der Waals surface area contributed by atoms with Crippen LogP contribution in [0, 0.1) is 18.6 Å². The number of rotatable bonds is 5. The van der Waals surface area contributed by atoms with Crippen LogP contribution in [0.4, 0.5) is 8.78 Å². The molecule has 0 saturated carbocycles. The first-order chi connectivity index (χ1) is 16.2. The number of carbonyl (C=O) groups excluding carboxylic acids is 2. The van der Waals surface area contributed by atoms with Gasteiger partial charge in [0.25, 0.3) is 11.7 Å². The van der Waals surface area contributed by atoms with Crippen molar-refractivity contribution in [3.05, 3.63) is 106 Å². The number of nitrogens with zero attached hydrogens (tertiary/aromatic N) is 2. The van der Waals surface area contributed by atoms with Gasteiger partial charge in [0.05, 0.1) is 11.6 Å². The van der Waals surface area contributed by atoms with Crippen molar-refractivity contribution >= 4 is 17.4 Å². The number of amides is 1. The van der Waals surface area contributed by atoms with Crippen LogP contribution < -0.4 is 0 Å². The Kier molecular flexibility index (Phi) is 6.28. The first-order valence-electron chi connectivity index (χ1n) is 10.9. The molecule has 0 aliphatic carbocycles. The van der Waals surface area contributed by atoms with Gasteiger partial charge in [-0.3, -0.25) is 14.6 Å². The van der Waals surface area contributed by atoms with Gasteiger partial charge < -0.3 is 10.0 Å². The largest absolute Gasteiger partial charge is 0.507 e. The summed E-state index contributed by atoms with van der Waals surface area (Å²) in [6, 6.07) is 10.8. The maximum absolute atomic E-state index is 15.4. The van der Waals surface area contributed by atoms with Crippen molar-refractivity contribution in [1.82, 2.24) is 9.88 Å². The van der Waals surface area contributed by atoms with Crippen LogP contribution in [-0.2, 0) is 16.1 Å². The molecule has 1 aliphatic heterocycles. The summed E-state index contributed by atoms with van der Waals surface area (Å²) >= 11 is 0. The molecule has 4 rings (SSSR count). The lowest BCUT2D eigenvalue weighted by Gasteiger charge is -2.26. The minimum atomic E-state index is -1.18. The highest BCUT2D eigenvalue weighted by atomic mass is 19.1. The summed E-state index contributed by atoms with van der Waals surface area (Å²) in [4.78, 5) is 31.3. The average molecular weight is 462 g/mol. The maximum Gasteiger partial charge on any atom is 0.295 e. The lowest BCUT2D eigenvalue weighted by molar-refractivity contribution is -0.140. The predicted molar refractivity (Wildman–Crippen MR) is 124 cm³/mol. The normalized spacial score (nSPS) is 17.6. The van der Waals surface area contributed by atoms with Gasteiger partial charge in [-0.25, -0.2) is 8.78 Å². The fraction of sp³-hybridized carbons (Fsp3) is 0.222. The van der Waals surface area contributed by atoms with Gasteiger partial charge >= 0.3 is 0 Å². The number of hydrogen-bond acceptors (Lipinski definition) is 4. The molecule has 2 heterocycles. The Labute approximate surface area is 196 Å². The number of aliphatic hydroxyl groups excluding tert-OH is 1. The summed E-state index contributed by atoms with van der Waals surface area (Å²) in [5, 5.41) is 11.1. The van der Waals surface area contributed by atoms with Crippen molar-refractivity contribution in [1.29, 1.82) is 0 Å². The summed E-state index contributed by atoms with van der Waals surface area (Å²) in [5.74, 6) is -3.47. The van der Waals surface area contributed by atoms with E-state index < -0.39 is 35.1 Å². The van der Waals surface area contributed by atoms with Crippen molar-refractivity contribution < 1.29 is 23.5 Å². The van der Waals surface area contributed by atoms with E-state index in [1.165, 1.54) is 29.2 Å². The molecule has 1 atom stereocenters. The van der Waals surface area contributed by atoms with E-state index in [0.29, 0.717) is 11.1 Å². The summed E-state index contributed by atoms with van der Waals surface area (Å²) in [6.07, 6.45) is 3.10. The highest BCUT2D eigenvalue weighted by Gasteiger charge is 2.47. The molecule has 1 aromatic heterocycles. The van der Waals surface area contributed by atoms with Crippen LogP contribution in [0.15, 0.2) is 66.5 Å². The molecule has 3 aromatic rings. The number of aromatic nitrogens is 1. The summed E-state index contributed by atoms with van der Waals surface area (Å²) < 4.78 is 29.6. The van der Waals surface area contributed by atoms with Gasteiger partial charge in [0.1, 0.15) is 17.4 Å². The van der Waals surface area contributed by atoms with Crippen LogP contribution in [-0.4, -0.2) is 26.7 Å². The number of pyridine rings is 1.